The number of nitrogens with zero attached hydrogens (tertiary/aromatic N) is 2. The number of aromatic nitrogens is 1. The Morgan fingerprint density at radius 2 is 1.96 bits per heavy atom. The summed E-state index contributed by atoms with van der Waals surface area (Å²) in [5, 5.41) is 17.2. The van der Waals surface area contributed by atoms with Crippen molar-refractivity contribution in [2.24, 2.45) is 0 Å². The van der Waals surface area contributed by atoms with Gasteiger partial charge in [0.15, 0.2) is 0 Å². The van der Waals surface area contributed by atoms with Gasteiger partial charge in [-0.3, -0.25) is 0 Å². The molecule has 1 heterocycles. The fourth-order valence-electron chi connectivity index (χ4n) is 3.01. The molecule has 0 amide bonds. The average Bonchev–Trinajstić information content (AvgIpc) is 3.20. The molecule has 0 fully saturated rings. The molecule has 28 heavy (non-hydrogen) atoms. The number of allylic oxidation sites excluding steroid dienone is 1. The van der Waals surface area contributed by atoms with Gasteiger partial charge in [-0.1, -0.05) is 48.5 Å². The first-order valence-corrected chi connectivity index (χ1v) is 9.60. The van der Waals surface area contributed by atoms with Gasteiger partial charge < -0.3 is 5.32 Å². The van der Waals surface area contributed by atoms with E-state index in [-0.39, 0.29) is 5.82 Å². The van der Waals surface area contributed by atoms with Crippen molar-refractivity contribution < 1.29 is 4.39 Å². The molecule has 0 bridgehead atoms. The molecule has 1 aromatic heterocycles. The Balaban J connectivity index is 1.67. The molecular formula is C23H16FN3S. The normalized spacial score (nSPS) is 11.4. The predicted molar refractivity (Wildman–Crippen MR) is 113 cm³/mol. The van der Waals surface area contributed by atoms with Crippen molar-refractivity contribution >= 4 is 33.4 Å². The molecule has 0 spiro atoms. The SMILES string of the molecule is Cc1ccc(F)c(N/C=C(/C#N)c2nc(-c3cccc4ccccc34)cs2)c1. The minimum Gasteiger partial charge on any atom is -0.358 e. The van der Waals surface area contributed by atoms with Gasteiger partial charge in [-0.15, -0.1) is 11.3 Å². The van der Waals surface area contributed by atoms with E-state index in [1.165, 1.54) is 23.6 Å². The van der Waals surface area contributed by atoms with Crippen LogP contribution in [-0.4, -0.2) is 4.98 Å². The summed E-state index contributed by atoms with van der Waals surface area (Å²) in [6, 6.07) is 21.2. The van der Waals surface area contributed by atoms with Crippen LogP contribution in [0.25, 0.3) is 27.6 Å². The van der Waals surface area contributed by atoms with Crippen LogP contribution in [0.2, 0.25) is 0 Å². The first kappa shape index (κ1) is 17.9. The summed E-state index contributed by atoms with van der Waals surface area (Å²) in [4.78, 5) is 4.65. The topological polar surface area (TPSA) is 48.7 Å². The van der Waals surface area contributed by atoms with Crippen LogP contribution in [0.15, 0.2) is 72.2 Å². The molecular weight excluding hydrogens is 369 g/mol. The minimum atomic E-state index is -0.366. The number of fused-ring (bicyclic) bond motifs is 1. The molecule has 4 rings (SSSR count). The van der Waals surface area contributed by atoms with Crippen LogP contribution < -0.4 is 5.32 Å². The van der Waals surface area contributed by atoms with Gasteiger partial charge in [-0.2, -0.15) is 5.26 Å². The third-order valence-electron chi connectivity index (χ3n) is 4.41. The number of thiazole rings is 1. The molecule has 0 aliphatic rings. The van der Waals surface area contributed by atoms with Crippen LogP contribution in [-0.2, 0) is 0 Å². The Hall–Kier alpha value is -3.49. The molecule has 0 unspecified atom stereocenters. The number of hydrogen-bond acceptors (Lipinski definition) is 4. The van der Waals surface area contributed by atoms with Crippen LogP contribution in [0.1, 0.15) is 10.6 Å². The second-order valence-corrected chi connectivity index (χ2v) is 7.22. The molecule has 5 heteroatoms. The zero-order valence-electron chi connectivity index (χ0n) is 15.1. The van der Waals surface area contributed by atoms with Crippen molar-refractivity contribution in [2.45, 2.75) is 6.92 Å². The number of anilines is 1. The van der Waals surface area contributed by atoms with Crippen LogP contribution >= 0.6 is 11.3 Å². The van der Waals surface area contributed by atoms with Gasteiger partial charge in [0.25, 0.3) is 0 Å². The highest BCUT2D eigenvalue weighted by atomic mass is 32.1. The monoisotopic (exact) mass is 385 g/mol. The van der Waals surface area contributed by atoms with Crippen molar-refractivity contribution in [1.82, 2.24) is 4.98 Å². The number of halogens is 1. The Bertz CT molecular complexity index is 1230. The van der Waals surface area contributed by atoms with E-state index in [0.29, 0.717) is 16.3 Å². The minimum absolute atomic E-state index is 0.332. The van der Waals surface area contributed by atoms with Gasteiger partial charge in [-0.25, -0.2) is 9.37 Å². The fraction of sp³-hybridized carbons (Fsp3) is 0.0435. The smallest absolute Gasteiger partial charge is 0.146 e. The molecule has 0 aliphatic carbocycles. The summed E-state index contributed by atoms with van der Waals surface area (Å²) in [5.74, 6) is -0.366. The lowest BCUT2D eigenvalue weighted by Gasteiger charge is -2.05. The van der Waals surface area contributed by atoms with Crippen molar-refractivity contribution in [3.05, 3.63) is 88.6 Å². The lowest BCUT2D eigenvalue weighted by Crippen LogP contribution is -1.94. The maximum Gasteiger partial charge on any atom is 0.146 e. The van der Waals surface area contributed by atoms with Crippen LogP contribution in [0, 0.1) is 24.1 Å². The molecule has 4 aromatic rings. The number of nitriles is 1. The van der Waals surface area contributed by atoms with E-state index in [1.807, 2.05) is 36.6 Å². The highest BCUT2D eigenvalue weighted by molar-refractivity contribution is 7.11. The van der Waals surface area contributed by atoms with Gasteiger partial charge in [0.05, 0.1) is 11.4 Å². The van der Waals surface area contributed by atoms with Gasteiger partial charge >= 0.3 is 0 Å². The quantitative estimate of drug-likeness (QED) is 0.414. The summed E-state index contributed by atoms with van der Waals surface area (Å²) < 4.78 is 13.9. The van der Waals surface area contributed by atoms with Crippen LogP contribution in [0.4, 0.5) is 10.1 Å². The van der Waals surface area contributed by atoms with E-state index < -0.39 is 0 Å². The van der Waals surface area contributed by atoms with Crippen molar-refractivity contribution in [3.63, 3.8) is 0 Å². The third-order valence-corrected chi connectivity index (χ3v) is 5.29. The third kappa shape index (κ3) is 3.51. The number of nitrogens with one attached hydrogen (secondary N) is 1. The zero-order valence-corrected chi connectivity index (χ0v) is 15.9. The Morgan fingerprint density at radius 3 is 2.82 bits per heavy atom. The van der Waals surface area contributed by atoms with Gasteiger partial charge in [0.2, 0.25) is 0 Å². The fourth-order valence-corrected chi connectivity index (χ4v) is 3.80. The largest absolute Gasteiger partial charge is 0.358 e. The highest BCUT2D eigenvalue weighted by Crippen LogP contribution is 2.31. The highest BCUT2D eigenvalue weighted by Gasteiger charge is 2.11. The standard InChI is InChI=1S/C23H16FN3S/c1-15-9-10-20(24)21(11-15)26-13-17(12-25)23-27-22(14-28-23)19-8-4-6-16-5-2-3-7-18(16)19/h2-11,13-14,26H,1H3/b17-13-. The predicted octanol–water partition coefficient (Wildman–Crippen LogP) is 6.39. The van der Waals surface area contributed by atoms with Crippen LogP contribution in [0.5, 0.6) is 0 Å². The molecule has 3 nitrogen and oxygen atoms in total. The lowest BCUT2D eigenvalue weighted by molar-refractivity contribution is 0.631. The van der Waals surface area contributed by atoms with Crippen molar-refractivity contribution in [2.75, 3.05) is 5.32 Å². The second-order valence-electron chi connectivity index (χ2n) is 6.36. The maximum atomic E-state index is 13.9. The molecule has 0 radical (unpaired) electrons. The van der Waals surface area contributed by atoms with Gasteiger partial charge in [0.1, 0.15) is 22.5 Å². The molecule has 1 N–H and O–H groups in total. The van der Waals surface area contributed by atoms with Gasteiger partial charge in [-0.05, 0) is 35.4 Å². The second kappa shape index (κ2) is 7.63. The van der Waals surface area contributed by atoms with Crippen molar-refractivity contribution in [3.8, 4) is 17.3 Å². The Morgan fingerprint density at radius 1 is 1.14 bits per heavy atom. The molecule has 0 aliphatic heterocycles. The first-order chi connectivity index (χ1) is 13.7. The van der Waals surface area contributed by atoms with E-state index in [1.54, 1.807) is 12.1 Å². The van der Waals surface area contributed by atoms with E-state index in [2.05, 4.69) is 34.6 Å². The number of benzene rings is 3. The van der Waals surface area contributed by atoms with Crippen LogP contribution in [0.3, 0.4) is 0 Å². The molecule has 136 valence electrons. The summed E-state index contributed by atoms with van der Waals surface area (Å²) >= 11 is 1.39. The zero-order chi connectivity index (χ0) is 19.5. The molecule has 3 aromatic carbocycles. The Kier molecular flexibility index (Phi) is 4.88. The average molecular weight is 385 g/mol. The summed E-state index contributed by atoms with van der Waals surface area (Å²) in [5.41, 5.74) is 3.47. The summed E-state index contributed by atoms with van der Waals surface area (Å²) in [7, 11) is 0. The van der Waals surface area contributed by atoms with E-state index in [9.17, 15) is 9.65 Å². The number of aryl methyl sites for hydroxylation is 1. The maximum absolute atomic E-state index is 13.9. The molecule has 0 atom stereocenters. The number of rotatable bonds is 4. The van der Waals surface area contributed by atoms with Gasteiger partial charge in [0, 0.05) is 17.1 Å². The number of hydrogen-bond donors (Lipinski definition) is 1. The first-order valence-electron chi connectivity index (χ1n) is 8.73. The molecule has 0 saturated heterocycles. The summed E-state index contributed by atoms with van der Waals surface area (Å²) in [6.07, 6.45) is 1.50. The lowest BCUT2D eigenvalue weighted by atomic mass is 10.0. The summed E-state index contributed by atoms with van der Waals surface area (Å²) in [6.45, 7) is 1.89. The molecule has 0 saturated carbocycles. The van der Waals surface area contributed by atoms with E-state index in [0.717, 1.165) is 27.6 Å². The Labute approximate surface area is 166 Å². The van der Waals surface area contributed by atoms with E-state index in [4.69, 9.17) is 0 Å². The van der Waals surface area contributed by atoms with E-state index >= 15 is 0 Å². The van der Waals surface area contributed by atoms with Crippen molar-refractivity contribution in [1.29, 1.82) is 5.26 Å².